The van der Waals surface area contributed by atoms with Crippen molar-refractivity contribution >= 4 is 43.6 Å². The van der Waals surface area contributed by atoms with Crippen molar-refractivity contribution in [3.63, 3.8) is 0 Å². The van der Waals surface area contributed by atoms with Crippen molar-refractivity contribution in [2.45, 2.75) is 244 Å². The highest BCUT2D eigenvalue weighted by atomic mass is 16.5. The van der Waals surface area contributed by atoms with Crippen LogP contribution in [0.2, 0.25) is 0 Å². The van der Waals surface area contributed by atoms with Crippen LogP contribution >= 0.6 is 0 Å². The molecule has 524 valence electrons. The van der Waals surface area contributed by atoms with Crippen molar-refractivity contribution in [2.24, 2.45) is 10.8 Å². The minimum atomic E-state index is -0.283. The number of hydrogen-bond acceptors (Lipinski definition) is 6. The molecule has 0 atom stereocenters. The molecule has 99 heavy (non-hydrogen) atoms. The fraction of sp³-hybridized carbons (Fsp3) is 0.473. The Balaban J connectivity index is 0.993. The van der Waals surface area contributed by atoms with Crippen LogP contribution in [-0.2, 0) is 58.7 Å². The van der Waals surface area contributed by atoms with Crippen LogP contribution in [-0.4, -0.2) is 56.5 Å². The number of aromatic hydroxyl groups is 2. The van der Waals surface area contributed by atoms with Crippen molar-refractivity contribution in [3.05, 3.63) is 176 Å². The molecule has 0 amide bonds. The fourth-order valence-corrected chi connectivity index (χ4v) is 17.0. The van der Waals surface area contributed by atoms with E-state index in [4.69, 9.17) is 9.47 Å². The molecule has 0 spiro atoms. The van der Waals surface area contributed by atoms with E-state index in [-0.39, 0.29) is 54.8 Å². The zero-order valence-corrected chi connectivity index (χ0v) is 65.3. The lowest BCUT2D eigenvalue weighted by Gasteiger charge is -2.34. The first kappa shape index (κ1) is 71.3. The molecule has 0 unspecified atom stereocenters. The zero-order chi connectivity index (χ0) is 72.1. The third kappa shape index (κ3) is 13.6. The molecule has 2 aromatic heterocycles. The van der Waals surface area contributed by atoms with Crippen LogP contribution in [0.4, 0.5) is 0 Å². The van der Waals surface area contributed by atoms with Gasteiger partial charge in [-0.3, -0.25) is 9.80 Å². The van der Waals surface area contributed by atoms with Crippen LogP contribution in [0.5, 0.6) is 23.0 Å². The second-order valence-electron chi connectivity index (χ2n) is 38.1. The van der Waals surface area contributed by atoms with Crippen LogP contribution in [0.3, 0.4) is 0 Å². The Hall–Kier alpha value is -7.52. The van der Waals surface area contributed by atoms with Crippen LogP contribution in [0.15, 0.2) is 109 Å². The van der Waals surface area contributed by atoms with E-state index in [9.17, 15) is 10.2 Å². The fourth-order valence-electron chi connectivity index (χ4n) is 17.0. The van der Waals surface area contributed by atoms with Crippen LogP contribution in [0.1, 0.15) is 238 Å². The Bertz CT molecular complexity index is 4400. The summed E-state index contributed by atoms with van der Waals surface area (Å²) in [7, 11) is 4.38. The molecule has 0 fully saturated rings. The summed E-state index contributed by atoms with van der Waals surface area (Å²) in [6, 6.07) is 41.5. The zero-order valence-electron chi connectivity index (χ0n) is 65.3. The van der Waals surface area contributed by atoms with E-state index < -0.39 is 0 Å². The summed E-state index contributed by atoms with van der Waals surface area (Å²) in [6.07, 6.45) is 2.44. The van der Waals surface area contributed by atoms with Gasteiger partial charge in [0, 0.05) is 87.5 Å². The average Bonchev–Trinajstić information content (AvgIpc) is 1.62. The van der Waals surface area contributed by atoms with Gasteiger partial charge in [-0.2, -0.15) is 0 Å². The Labute approximate surface area is 593 Å². The van der Waals surface area contributed by atoms with Crippen molar-refractivity contribution in [1.29, 1.82) is 0 Å². The summed E-state index contributed by atoms with van der Waals surface area (Å²) in [5.74, 6) is 2.10. The normalized spacial score (nSPS) is 14.8. The van der Waals surface area contributed by atoms with Gasteiger partial charge in [-0.05, 0) is 200 Å². The Morgan fingerprint density at radius 2 is 0.626 bits per heavy atom. The van der Waals surface area contributed by atoms with Gasteiger partial charge in [0.1, 0.15) is 23.0 Å². The Kier molecular flexibility index (Phi) is 17.7. The summed E-state index contributed by atoms with van der Waals surface area (Å²) in [5, 5.41) is 31.9. The van der Waals surface area contributed by atoms with Crippen LogP contribution < -0.4 is 9.47 Å². The number of phenolic OH excluding ortho intramolecular Hbond substituents is 2. The largest absolute Gasteiger partial charge is 0.505 e. The lowest BCUT2D eigenvalue weighted by molar-refractivity contribution is 0.243. The summed E-state index contributed by atoms with van der Waals surface area (Å²) < 4.78 is 19.5. The first-order valence-corrected chi connectivity index (χ1v) is 36.7. The Morgan fingerprint density at radius 3 is 0.899 bits per heavy atom. The number of rotatable bonds is 14. The summed E-state index contributed by atoms with van der Waals surface area (Å²) in [6.45, 7) is 59.1. The maximum Gasteiger partial charge on any atom is 0.147 e. The standard InChI is InChI=1S/C91H116N4O4/c1-54-38-68(66-40-60(90(21,22)52-84(3,4)5)46-78(80(66)96)94-74-42-56(86(9,10)11)28-32-62(74)63-33-29-57(43-75(63)94)87(12,13)14)82(72-50-92(25)48-70(54)72)98-36-27-37-99-83-69(39-55(2)71-49-93(26)51-73(71)83)67-41-61(91(23,24)53-85(6,7)8)47-79(81(67)97)95-76-44-58(88(15,16)17)30-34-64(76)65-35-31-59(45-77(65)95)89(18,19)20/h28-35,38-47,96-97H,27,36-37,48-53H2,1-26H3. The van der Waals surface area contributed by atoms with E-state index in [1.54, 1.807) is 0 Å². The van der Waals surface area contributed by atoms with Gasteiger partial charge in [-0.15, -0.1) is 0 Å². The SMILES string of the molecule is Cc1cc(-c2cc(C(C)(C)CC(C)(C)C)cc(-n3c4cc(C(C)(C)C)ccc4c4ccc(C(C)(C)C)cc43)c2O)c(OCCCOc2c(-c3cc(C(C)(C)CC(C)(C)C)cc(-n4c5cc(C(C)(C)C)ccc5c5ccc(C(C)(C)C)cc54)c3O)cc(C)c3c2CN(C)C3)c2c1CN(C)C2. The molecule has 8 aromatic carbocycles. The maximum absolute atomic E-state index is 13.6. The van der Waals surface area contributed by atoms with Gasteiger partial charge in [-0.25, -0.2) is 0 Å². The Morgan fingerprint density at radius 1 is 0.343 bits per heavy atom. The summed E-state index contributed by atoms with van der Waals surface area (Å²) >= 11 is 0. The first-order chi connectivity index (χ1) is 45.8. The molecule has 0 saturated carbocycles. The van der Waals surface area contributed by atoms with E-state index >= 15 is 0 Å². The summed E-state index contributed by atoms with van der Waals surface area (Å²) in [5.41, 5.74) is 22.8. The second-order valence-corrected chi connectivity index (χ2v) is 38.1. The third-order valence-electron chi connectivity index (χ3n) is 21.7. The molecular formula is C91H116N4O4. The molecule has 0 aliphatic carbocycles. The van der Waals surface area contributed by atoms with Crippen molar-refractivity contribution < 1.29 is 19.7 Å². The van der Waals surface area contributed by atoms with E-state index in [0.717, 1.165) is 139 Å². The minimum absolute atomic E-state index is 0.0234. The number of ether oxygens (including phenoxy) is 2. The van der Waals surface area contributed by atoms with E-state index in [0.29, 0.717) is 19.6 Å². The van der Waals surface area contributed by atoms with Crippen LogP contribution in [0, 0.1) is 24.7 Å². The number of hydrogen-bond donors (Lipinski definition) is 2. The first-order valence-electron chi connectivity index (χ1n) is 36.7. The van der Waals surface area contributed by atoms with E-state index in [1.165, 1.54) is 55.6 Å². The molecule has 2 aliphatic heterocycles. The van der Waals surface area contributed by atoms with E-state index in [1.807, 2.05) is 0 Å². The summed E-state index contributed by atoms with van der Waals surface area (Å²) in [4.78, 5) is 4.74. The molecule has 0 saturated heterocycles. The number of nitrogens with zero attached hydrogens (tertiary/aromatic N) is 4. The van der Waals surface area contributed by atoms with Gasteiger partial charge in [-0.1, -0.05) is 201 Å². The maximum atomic E-state index is 13.6. The smallest absolute Gasteiger partial charge is 0.147 e. The highest BCUT2D eigenvalue weighted by molar-refractivity contribution is 6.11. The number of aromatic nitrogens is 2. The number of phenols is 2. The van der Waals surface area contributed by atoms with Gasteiger partial charge in [0.25, 0.3) is 0 Å². The quantitative estimate of drug-likeness (QED) is 0.106. The minimum Gasteiger partial charge on any atom is -0.505 e. The van der Waals surface area contributed by atoms with Gasteiger partial charge < -0.3 is 28.8 Å². The molecule has 8 nitrogen and oxygen atoms in total. The highest BCUT2D eigenvalue weighted by Crippen LogP contribution is 2.53. The molecule has 4 heterocycles. The highest BCUT2D eigenvalue weighted by Gasteiger charge is 2.36. The van der Waals surface area contributed by atoms with Gasteiger partial charge >= 0.3 is 0 Å². The lowest BCUT2D eigenvalue weighted by Crippen LogP contribution is -2.25. The molecule has 8 heteroatoms. The van der Waals surface area contributed by atoms with Crippen molar-refractivity contribution in [3.8, 4) is 56.6 Å². The predicted octanol–water partition coefficient (Wildman–Crippen LogP) is 23.6. The van der Waals surface area contributed by atoms with Gasteiger partial charge in [0.05, 0.1) is 46.7 Å². The molecule has 2 aliphatic rings. The average molecular weight is 1330 g/mol. The molecule has 2 N–H and O–H groups in total. The molecular weight excluding hydrogens is 1210 g/mol. The lowest BCUT2D eigenvalue weighted by atomic mass is 9.71. The second kappa shape index (κ2) is 24.6. The van der Waals surface area contributed by atoms with Crippen LogP contribution in [0.25, 0.3) is 77.2 Å². The molecule has 10 aromatic rings. The van der Waals surface area contributed by atoms with Crippen molar-refractivity contribution in [1.82, 2.24) is 18.9 Å². The number of benzene rings is 8. The topological polar surface area (TPSA) is 75.3 Å². The monoisotopic (exact) mass is 1330 g/mol. The molecule has 0 bridgehead atoms. The molecule has 0 radical (unpaired) electrons. The van der Waals surface area contributed by atoms with Gasteiger partial charge in [0.15, 0.2) is 0 Å². The number of aryl methyl sites for hydroxylation is 2. The van der Waals surface area contributed by atoms with Crippen molar-refractivity contribution in [2.75, 3.05) is 27.3 Å². The predicted molar refractivity (Wildman–Crippen MR) is 420 cm³/mol. The molecule has 12 rings (SSSR count). The van der Waals surface area contributed by atoms with Gasteiger partial charge in [0.2, 0.25) is 0 Å². The third-order valence-corrected chi connectivity index (χ3v) is 21.7. The van der Waals surface area contributed by atoms with E-state index in [2.05, 4.69) is 308 Å². The number of fused-ring (bicyclic) bond motifs is 8.